The van der Waals surface area contributed by atoms with E-state index in [1.807, 2.05) is 0 Å². The molecule has 1 aromatic heterocycles. The minimum Gasteiger partial charge on any atom is -0.300 e. The van der Waals surface area contributed by atoms with Crippen LogP contribution in [0.3, 0.4) is 0 Å². The largest absolute Gasteiger partial charge is 0.300 e. The maximum Gasteiger partial charge on any atom is 0.241 e. The SMILES string of the molecule is CCC(CC)c1nnc(NC(=O)CS(=O)(=O)Cc2ccc(Cl)cc2)s1. The second-order valence-corrected chi connectivity index (χ2v) is 9.18. The summed E-state index contributed by atoms with van der Waals surface area (Å²) in [6, 6.07) is 6.50. The highest BCUT2D eigenvalue weighted by Gasteiger charge is 2.20. The van der Waals surface area contributed by atoms with Gasteiger partial charge in [0.25, 0.3) is 0 Å². The minimum absolute atomic E-state index is 0.216. The van der Waals surface area contributed by atoms with Gasteiger partial charge in [-0.05, 0) is 30.5 Å². The zero-order valence-corrected chi connectivity index (χ0v) is 16.4. The fourth-order valence-corrected chi connectivity index (χ4v) is 4.75. The number of hydrogen-bond acceptors (Lipinski definition) is 6. The van der Waals surface area contributed by atoms with E-state index < -0.39 is 21.5 Å². The van der Waals surface area contributed by atoms with E-state index >= 15 is 0 Å². The molecule has 0 radical (unpaired) electrons. The maximum absolute atomic E-state index is 12.2. The normalized spacial score (nSPS) is 11.7. The molecule has 0 saturated carbocycles. The van der Waals surface area contributed by atoms with Crippen molar-refractivity contribution in [1.82, 2.24) is 10.2 Å². The van der Waals surface area contributed by atoms with Gasteiger partial charge in [-0.3, -0.25) is 10.1 Å². The van der Waals surface area contributed by atoms with Crippen molar-refractivity contribution in [2.45, 2.75) is 38.4 Å². The van der Waals surface area contributed by atoms with E-state index in [1.165, 1.54) is 11.3 Å². The first-order valence-electron chi connectivity index (χ1n) is 7.91. The van der Waals surface area contributed by atoms with Gasteiger partial charge in [0.1, 0.15) is 10.8 Å². The lowest BCUT2D eigenvalue weighted by atomic mass is 10.1. The van der Waals surface area contributed by atoms with Gasteiger partial charge in [-0.15, -0.1) is 10.2 Å². The van der Waals surface area contributed by atoms with Crippen molar-refractivity contribution in [2.24, 2.45) is 0 Å². The summed E-state index contributed by atoms with van der Waals surface area (Å²) in [6.45, 7) is 4.13. The second kappa shape index (κ2) is 8.73. The first kappa shape index (κ1) is 19.8. The molecule has 2 aromatic rings. The number of amides is 1. The molecule has 0 spiro atoms. The number of anilines is 1. The van der Waals surface area contributed by atoms with Crippen LogP contribution in [-0.4, -0.2) is 30.3 Å². The highest BCUT2D eigenvalue weighted by Crippen LogP contribution is 2.28. The Balaban J connectivity index is 1.96. The van der Waals surface area contributed by atoms with E-state index in [0.717, 1.165) is 17.8 Å². The fourth-order valence-electron chi connectivity index (χ4n) is 2.33. The zero-order valence-electron chi connectivity index (χ0n) is 14.0. The predicted octanol–water partition coefficient (Wildman–Crippen LogP) is 3.65. The third-order valence-corrected chi connectivity index (χ3v) is 6.40. The van der Waals surface area contributed by atoms with Crippen LogP contribution in [0.1, 0.15) is 43.2 Å². The number of nitrogens with one attached hydrogen (secondary N) is 1. The van der Waals surface area contributed by atoms with Crippen LogP contribution in [-0.2, 0) is 20.4 Å². The standard InChI is InChI=1S/C16H20ClN3O3S2/c1-3-12(4-2)15-19-20-16(24-15)18-14(21)10-25(22,23)9-11-5-7-13(17)8-6-11/h5-8,12H,3-4,9-10H2,1-2H3,(H,18,20,21). The molecule has 1 amide bonds. The van der Waals surface area contributed by atoms with Crippen molar-refractivity contribution < 1.29 is 13.2 Å². The zero-order chi connectivity index (χ0) is 18.4. The number of carbonyl (C=O) groups is 1. The average molecular weight is 402 g/mol. The number of aromatic nitrogens is 2. The van der Waals surface area contributed by atoms with Crippen LogP contribution in [0.25, 0.3) is 0 Å². The molecule has 6 nitrogen and oxygen atoms in total. The molecule has 0 fully saturated rings. The number of sulfone groups is 1. The van der Waals surface area contributed by atoms with Gasteiger partial charge in [0.05, 0.1) is 5.75 Å². The van der Waals surface area contributed by atoms with Gasteiger partial charge in [-0.25, -0.2) is 8.42 Å². The second-order valence-electron chi connectivity index (χ2n) is 5.67. The van der Waals surface area contributed by atoms with E-state index in [4.69, 9.17) is 11.6 Å². The molecule has 0 unspecified atom stereocenters. The van der Waals surface area contributed by atoms with Crippen LogP contribution < -0.4 is 5.32 Å². The Hall–Kier alpha value is -1.51. The van der Waals surface area contributed by atoms with Crippen LogP contribution in [0.15, 0.2) is 24.3 Å². The molecule has 1 N–H and O–H groups in total. The number of benzene rings is 1. The molecular formula is C16H20ClN3O3S2. The molecule has 2 rings (SSSR count). The van der Waals surface area contributed by atoms with Crippen LogP contribution in [0.5, 0.6) is 0 Å². The molecule has 0 aliphatic rings. The summed E-state index contributed by atoms with van der Waals surface area (Å²) < 4.78 is 24.3. The molecule has 1 heterocycles. The van der Waals surface area contributed by atoms with Gasteiger partial charge in [0.15, 0.2) is 9.84 Å². The van der Waals surface area contributed by atoms with E-state index in [-0.39, 0.29) is 5.75 Å². The van der Waals surface area contributed by atoms with Gasteiger partial charge in [0.2, 0.25) is 11.0 Å². The molecule has 25 heavy (non-hydrogen) atoms. The van der Waals surface area contributed by atoms with Crippen molar-refractivity contribution in [3.05, 3.63) is 39.9 Å². The molecule has 0 saturated heterocycles. The molecule has 0 aliphatic heterocycles. The molecule has 0 bridgehead atoms. The Labute approximate surface area is 156 Å². The van der Waals surface area contributed by atoms with E-state index in [1.54, 1.807) is 24.3 Å². The van der Waals surface area contributed by atoms with Crippen molar-refractivity contribution in [3.63, 3.8) is 0 Å². The Kier molecular flexibility index (Phi) is 6.92. The summed E-state index contributed by atoms with van der Waals surface area (Å²) >= 11 is 7.06. The summed E-state index contributed by atoms with van der Waals surface area (Å²) in [4.78, 5) is 12.0. The fraction of sp³-hybridized carbons (Fsp3) is 0.438. The summed E-state index contributed by atoms with van der Waals surface area (Å²) in [5, 5.41) is 12.2. The van der Waals surface area contributed by atoms with Crippen LogP contribution >= 0.6 is 22.9 Å². The Morgan fingerprint density at radius 3 is 2.44 bits per heavy atom. The van der Waals surface area contributed by atoms with Crippen molar-refractivity contribution in [2.75, 3.05) is 11.1 Å². The molecular weight excluding hydrogens is 382 g/mol. The van der Waals surface area contributed by atoms with Gasteiger partial charge >= 0.3 is 0 Å². The quantitative estimate of drug-likeness (QED) is 0.729. The number of carbonyl (C=O) groups excluding carboxylic acids is 1. The Morgan fingerprint density at radius 2 is 1.84 bits per heavy atom. The van der Waals surface area contributed by atoms with Crippen LogP contribution in [0.2, 0.25) is 5.02 Å². The molecule has 136 valence electrons. The van der Waals surface area contributed by atoms with Gasteiger partial charge in [-0.2, -0.15) is 0 Å². The summed E-state index contributed by atoms with van der Waals surface area (Å²) in [6.07, 6.45) is 1.88. The van der Waals surface area contributed by atoms with Gasteiger partial charge in [-0.1, -0.05) is 48.9 Å². The highest BCUT2D eigenvalue weighted by molar-refractivity contribution is 7.91. The van der Waals surface area contributed by atoms with Gasteiger partial charge < -0.3 is 0 Å². The number of halogens is 1. The first-order valence-corrected chi connectivity index (χ1v) is 10.9. The number of nitrogens with zero attached hydrogens (tertiary/aromatic N) is 2. The molecule has 9 heteroatoms. The monoisotopic (exact) mass is 401 g/mol. The average Bonchev–Trinajstić information content (AvgIpc) is 2.98. The lowest BCUT2D eigenvalue weighted by molar-refractivity contribution is -0.113. The van der Waals surface area contributed by atoms with E-state index in [9.17, 15) is 13.2 Å². The summed E-state index contributed by atoms with van der Waals surface area (Å²) in [7, 11) is -3.58. The van der Waals surface area contributed by atoms with E-state index in [0.29, 0.717) is 21.6 Å². The summed E-state index contributed by atoms with van der Waals surface area (Å²) in [5.74, 6) is -1.12. The highest BCUT2D eigenvalue weighted by atomic mass is 35.5. The smallest absolute Gasteiger partial charge is 0.241 e. The van der Waals surface area contributed by atoms with Gasteiger partial charge in [0, 0.05) is 10.9 Å². The predicted molar refractivity (Wildman–Crippen MR) is 101 cm³/mol. The third kappa shape index (κ3) is 6.05. The maximum atomic E-state index is 12.2. The third-order valence-electron chi connectivity index (χ3n) is 3.67. The Bertz CT molecular complexity index is 815. The van der Waals surface area contributed by atoms with Crippen LogP contribution in [0.4, 0.5) is 5.13 Å². The van der Waals surface area contributed by atoms with Crippen molar-refractivity contribution in [1.29, 1.82) is 0 Å². The van der Waals surface area contributed by atoms with Crippen molar-refractivity contribution >= 4 is 43.8 Å². The van der Waals surface area contributed by atoms with Crippen LogP contribution in [0, 0.1) is 0 Å². The Morgan fingerprint density at radius 1 is 1.20 bits per heavy atom. The van der Waals surface area contributed by atoms with E-state index in [2.05, 4.69) is 29.4 Å². The molecule has 1 aromatic carbocycles. The minimum atomic E-state index is -3.58. The lowest BCUT2D eigenvalue weighted by Gasteiger charge is -2.06. The van der Waals surface area contributed by atoms with Crippen molar-refractivity contribution in [3.8, 4) is 0 Å². The summed E-state index contributed by atoms with van der Waals surface area (Å²) in [5.41, 5.74) is 0.587. The topological polar surface area (TPSA) is 89.0 Å². The number of rotatable bonds is 8. The first-order chi connectivity index (χ1) is 11.8. The molecule has 0 atom stereocenters. The molecule has 0 aliphatic carbocycles. The lowest BCUT2D eigenvalue weighted by Crippen LogP contribution is -2.23. The number of hydrogen-bond donors (Lipinski definition) is 1.